The molecular formula is C15H15BrN2O4S. The van der Waals surface area contributed by atoms with Crippen LogP contribution in [-0.2, 0) is 14.8 Å². The highest BCUT2D eigenvalue weighted by Crippen LogP contribution is 2.17. The van der Waals surface area contributed by atoms with E-state index < -0.39 is 10.0 Å². The van der Waals surface area contributed by atoms with Gasteiger partial charge in [0.15, 0.2) is 4.67 Å². The molecule has 0 radical (unpaired) electrons. The van der Waals surface area contributed by atoms with Gasteiger partial charge in [-0.15, -0.1) is 0 Å². The number of carbonyl (C=O) groups excluding carboxylic acids is 1. The van der Waals surface area contributed by atoms with Crippen molar-refractivity contribution in [3.63, 3.8) is 0 Å². The standard InChI is InChI=1S/C15H15BrN2O4S/c1-18(2)23(20,21)13-7-3-11(4-8-13)17-15(19)10-6-12-5-9-14(16)22-12/h3-10H,1-2H3,(H,17,19)/b10-6-. The Morgan fingerprint density at radius 2 is 1.83 bits per heavy atom. The molecule has 0 spiro atoms. The molecule has 0 bridgehead atoms. The van der Waals surface area contributed by atoms with Gasteiger partial charge >= 0.3 is 0 Å². The van der Waals surface area contributed by atoms with E-state index in [1.165, 1.54) is 50.5 Å². The predicted molar refractivity (Wildman–Crippen MR) is 91.4 cm³/mol. The average molecular weight is 399 g/mol. The Hall–Kier alpha value is -1.90. The Bertz CT molecular complexity index is 823. The lowest BCUT2D eigenvalue weighted by molar-refractivity contribution is -0.111. The molecule has 0 fully saturated rings. The smallest absolute Gasteiger partial charge is 0.248 e. The molecule has 2 aromatic rings. The van der Waals surface area contributed by atoms with E-state index in [9.17, 15) is 13.2 Å². The molecule has 6 nitrogen and oxygen atoms in total. The largest absolute Gasteiger partial charge is 0.450 e. The number of nitrogens with zero attached hydrogens (tertiary/aromatic N) is 1. The summed E-state index contributed by atoms with van der Waals surface area (Å²) in [6.45, 7) is 0. The molecule has 0 aliphatic carbocycles. The van der Waals surface area contributed by atoms with Crippen LogP contribution >= 0.6 is 15.9 Å². The molecule has 0 atom stereocenters. The van der Waals surface area contributed by atoms with Crippen molar-refractivity contribution in [3.8, 4) is 0 Å². The van der Waals surface area contributed by atoms with E-state index in [-0.39, 0.29) is 10.8 Å². The maximum absolute atomic E-state index is 11.9. The molecule has 1 aromatic carbocycles. The van der Waals surface area contributed by atoms with Crippen LogP contribution in [0.3, 0.4) is 0 Å². The molecule has 0 saturated heterocycles. The summed E-state index contributed by atoms with van der Waals surface area (Å²) in [6, 6.07) is 9.39. The van der Waals surface area contributed by atoms with Gasteiger partial charge in [0.25, 0.3) is 0 Å². The first-order valence-corrected chi connectivity index (χ1v) is 8.79. The lowest BCUT2D eigenvalue weighted by atomic mass is 10.3. The van der Waals surface area contributed by atoms with Gasteiger partial charge in [0.05, 0.1) is 4.90 Å². The molecule has 1 amide bonds. The Kier molecular flexibility index (Phi) is 5.40. The quantitative estimate of drug-likeness (QED) is 0.785. The van der Waals surface area contributed by atoms with Crippen LogP contribution in [0.2, 0.25) is 0 Å². The molecule has 0 aliphatic rings. The third-order valence-corrected chi connectivity index (χ3v) is 5.15. The number of benzene rings is 1. The van der Waals surface area contributed by atoms with Crippen LogP contribution in [-0.4, -0.2) is 32.7 Å². The maximum Gasteiger partial charge on any atom is 0.248 e. The van der Waals surface area contributed by atoms with Crippen LogP contribution in [0.4, 0.5) is 5.69 Å². The van der Waals surface area contributed by atoms with Crippen LogP contribution in [0.1, 0.15) is 5.76 Å². The van der Waals surface area contributed by atoms with Crippen LogP contribution in [0, 0.1) is 0 Å². The van der Waals surface area contributed by atoms with Crippen LogP contribution in [0.15, 0.2) is 56.5 Å². The summed E-state index contributed by atoms with van der Waals surface area (Å²) in [5.41, 5.74) is 0.498. The second-order valence-electron chi connectivity index (χ2n) is 4.78. The normalized spacial score (nSPS) is 12.0. The van der Waals surface area contributed by atoms with Gasteiger partial charge in [-0.1, -0.05) is 0 Å². The van der Waals surface area contributed by atoms with Gasteiger partial charge in [-0.3, -0.25) is 4.79 Å². The van der Waals surface area contributed by atoms with Gasteiger partial charge in [-0.05, 0) is 58.4 Å². The fourth-order valence-electron chi connectivity index (χ4n) is 1.68. The van der Waals surface area contributed by atoms with E-state index in [2.05, 4.69) is 21.2 Å². The van der Waals surface area contributed by atoms with Gasteiger partial charge in [-0.25, -0.2) is 12.7 Å². The average Bonchev–Trinajstić information content (AvgIpc) is 2.91. The number of amides is 1. The zero-order valence-electron chi connectivity index (χ0n) is 12.5. The van der Waals surface area contributed by atoms with E-state index in [0.717, 1.165) is 4.31 Å². The molecule has 1 aromatic heterocycles. The number of hydrogen-bond acceptors (Lipinski definition) is 4. The van der Waals surface area contributed by atoms with Gasteiger partial charge in [-0.2, -0.15) is 0 Å². The van der Waals surface area contributed by atoms with Gasteiger partial charge in [0.2, 0.25) is 15.9 Å². The highest BCUT2D eigenvalue weighted by atomic mass is 79.9. The zero-order valence-corrected chi connectivity index (χ0v) is 14.9. The van der Waals surface area contributed by atoms with Crippen molar-refractivity contribution < 1.29 is 17.6 Å². The number of nitrogens with one attached hydrogen (secondary N) is 1. The van der Waals surface area contributed by atoms with Crippen molar-refractivity contribution >= 4 is 43.6 Å². The fourth-order valence-corrected chi connectivity index (χ4v) is 2.90. The number of carbonyl (C=O) groups is 1. The summed E-state index contributed by atoms with van der Waals surface area (Å²) in [7, 11) is -0.554. The van der Waals surface area contributed by atoms with Crippen molar-refractivity contribution in [1.29, 1.82) is 0 Å². The number of sulfonamides is 1. The van der Waals surface area contributed by atoms with Gasteiger partial charge in [0.1, 0.15) is 5.76 Å². The Labute approximate surface area is 143 Å². The molecule has 0 saturated carbocycles. The van der Waals surface area contributed by atoms with E-state index in [1.54, 1.807) is 12.1 Å². The third-order valence-electron chi connectivity index (χ3n) is 2.89. The van der Waals surface area contributed by atoms with E-state index >= 15 is 0 Å². The van der Waals surface area contributed by atoms with Gasteiger partial charge in [0, 0.05) is 25.9 Å². The number of hydrogen-bond donors (Lipinski definition) is 1. The number of anilines is 1. The molecule has 122 valence electrons. The first kappa shape index (κ1) is 17.5. The fraction of sp³-hybridized carbons (Fsp3) is 0.133. The summed E-state index contributed by atoms with van der Waals surface area (Å²) in [6.07, 6.45) is 2.86. The minimum absolute atomic E-state index is 0.163. The van der Waals surface area contributed by atoms with E-state index in [0.29, 0.717) is 16.1 Å². The Morgan fingerprint density at radius 1 is 1.17 bits per heavy atom. The highest BCUT2D eigenvalue weighted by molar-refractivity contribution is 9.10. The summed E-state index contributed by atoms with van der Waals surface area (Å²) < 4.78 is 30.8. The zero-order chi connectivity index (χ0) is 17.0. The van der Waals surface area contributed by atoms with Crippen molar-refractivity contribution in [2.45, 2.75) is 4.90 Å². The van der Waals surface area contributed by atoms with Crippen molar-refractivity contribution in [2.75, 3.05) is 19.4 Å². The summed E-state index contributed by atoms with van der Waals surface area (Å²) in [5.74, 6) is 0.195. The summed E-state index contributed by atoms with van der Waals surface area (Å²) in [4.78, 5) is 12.0. The number of furan rings is 1. The molecule has 1 N–H and O–H groups in total. The van der Waals surface area contributed by atoms with E-state index in [4.69, 9.17) is 4.42 Å². The summed E-state index contributed by atoms with van der Waals surface area (Å²) >= 11 is 3.17. The second-order valence-corrected chi connectivity index (χ2v) is 7.71. The lowest BCUT2D eigenvalue weighted by Gasteiger charge is -2.11. The highest BCUT2D eigenvalue weighted by Gasteiger charge is 2.16. The van der Waals surface area contributed by atoms with Crippen LogP contribution < -0.4 is 5.32 Å². The van der Waals surface area contributed by atoms with Crippen molar-refractivity contribution in [1.82, 2.24) is 4.31 Å². The second kappa shape index (κ2) is 7.12. The lowest BCUT2D eigenvalue weighted by Crippen LogP contribution is -2.22. The first-order valence-electron chi connectivity index (χ1n) is 6.56. The molecule has 0 unspecified atom stereocenters. The van der Waals surface area contributed by atoms with Crippen molar-refractivity contribution in [3.05, 3.63) is 52.9 Å². The molecule has 23 heavy (non-hydrogen) atoms. The minimum Gasteiger partial charge on any atom is -0.450 e. The number of halogens is 1. The molecule has 8 heteroatoms. The SMILES string of the molecule is CN(C)S(=O)(=O)c1ccc(NC(=O)/C=C\c2ccc(Br)o2)cc1. The third kappa shape index (κ3) is 4.54. The van der Waals surface area contributed by atoms with Crippen LogP contribution in [0.25, 0.3) is 6.08 Å². The maximum atomic E-state index is 11.9. The van der Waals surface area contributed by atoms with Crippen molar-refractivity contribution in [2.24, 2.45) is 0 Å². The molecule has 0 aliphatic heterocycles. The van der Waals surface area contributed by atoms with E-state index in [1.807, 2.05) is 0 Å². The molecule has 1 heterocycles. The van der Waals surface area contributed by atoms with Crippen LogP contribution in [0.5, 0.6) is 0 Å². The summed E-state index contributed by atoms with van der Waals surface area (Å²) in [5, 5.41) is 2.64. The monoisotopic (exact) mass is 398 g/mol. The molecular weight excluding hydrogens is 384 g/mol. The number of rotatable bonds is 5. The minimum atomic E-state index is -3.48. The molecule has 2 rings (SSSR count). The Morgan fingerprint density at radius 3 is 2.35 bits per heavy atom. The topological polar surface area (TPSA) is 79.6 Å². The van der Waals surface area contributed by atoms with Gasteiger partial charge < -0.3 is 9.73 Å². The Balaban J connectivity index is 2.03. The first-order chi connectivity index (χ1) is 10.8. The predicted octanol–water partition coefficient (Wildman–Crippen LogP) is 2.94.